The molecule has 2 bridgehead atoms. The first-order valence-electron chi connectivity index (χ1n) is 7.68. The van der Waals surface area contributed by atoms with Gasteiger partial charge in [-0.25, -0.2) is 4.79 Å². The van der Waals surface area contributed by atoms with Crippen LogP contribution < -0.4 is 5.32 Å². The molecule has 3 aliphatic carbocycles. The molecular formula is C16H29NO2. The summed E-state index contributed by atoms with van der Waals surface area (Å²) in [5, 5.41) is 3.17. The zero-order chi connectivity index (χ0) is 14.3. The average molecular weight is 267 g/mol. The maximum absolute atomic E-state index is 12.0. The number of fused-ring (bicyclic) bond motifs is 3. The standard InChI is InChI=1S/C16H29NO2/c1-12(2)15-6-9-16(10-7-15,11-8-15)17-13(18)19-14(3,4)5/h12H,6-11H2,1-5H3,(H,17,18). The quantitative estimate of drug-likeness (QED) is 0.811. The second kappa shape index (κ2) is 4.68. The molecule has 1 amide bonds. The summed E-state index contributed by atoms with van der Waals surface area (Å²) in [7, 11) is 0. The molecule has 0 spiro atoms. The molecule has 3 aliphatic rings. The van der Waals surface area contributed by atoms with Crippen molar-refractivity contribution in [3.05, 3.63) is 0 Å². The topological polar surface area (TPSA) is 38.3 Å². The summed E-state index contributed by atoms with van der Waals surface area (Å²) in [6, 6.07) is 0. The van der Waals surface area contributed by atoms with Crippen LogP contribution in [-0.2, 0) is 4.74 Å². The van der Waals surface area contributed by atoms with Crippen LogP contribution in [0.3, 0.4) is 0 Å². The van der Waals surface area contributed by atoms with Crippen molar-refractivity contribution in [1.29, 1.82) is 0 Å². The minimum absolute atomic E-state index is 0.0129. The maximum atomic E-state index is 12.0. The van der Waals surface area contributed by atoms with E-state index in [1.165, 1.54) is 19.3 Å². The lowest BCUT2D eigenvalue weighted by Crippen LogP contribution is -2.58. The summed E-state index contributed by atoms with van der Waals surface area (Å²) in [5.74, 6) is 0.757. The van der Waals surface area contributed by atoms with Gasteiger partial charge in [0.05, 0.1) is 0 Å². The van der Waals surface area contributed by atoms with Crippen molar-refractivity contribution >= 4 is 6.09 Å². The molecular weight excluding hydrogens is 238 g/mol. The number of ether oxygens (including phenoxy) is 1. The van der Waals surface area contributed by atoms with Crippen LogP contribution in [-0.4, -0.2) is 17.2 Å². The number of alkyl carbamates (subject to hydrolysis) is 1. The zero-order valence-electron chi connectivity index (χ0n) is 13.1. The molecule has 0 atom stereocenters. The highest BCUT2D eigenvalue weighted by Crippen LogP contribution is 2.55. The lowest BCUT2D eigenvalue weighted by atomic mass is 9.53. The summed E-state index contributed by atoms with van der Waals surface area (Å²) >= 11 is 0. The molecule has 3 rings (SSSR count). The fraction of sp³-hybridized carbons (Fsp3) is 0.938. The van der Waals surface area contributed by atoms with E-state index in [0.29, 0.717) is 5.41 Å². The molecule has 3 heteroatoms. The van der Waals surface area contributed by atoms with E-state index >= 15 is 0 Å². The molecule has 0 aliphatic heterocycles. The van der Waals surface area contributed by atoms with Gasteiger partial charge in [0.1, 0.15) is 5.60 Å². The lowest BCUT2D eigenvalue weighted by molar-refractivity contribution is -0.0183. The fourth-order valence-electron chi connectivity index (χ4n) is 3.79. The Labute approximate surface area is 117 Å². The van der Waals surface area contributed by atoms with E-state index in [4.69, 9.17) is 4.74 Å². The van der Waals surface area contributed by atoms with Gasteiger partial charge in [-0.15, -0.1) is 0 Å². The van der Waals surface area contributed by atoms with Crippen molar-refractivity contribution < 1.29 is 9.53 Å². The Morgan fingerprint density at radius 2 is 1.53 bits per heavy atom. The van der Waals surface area contributed by atoms with Crippen molar-refractivity contribution in [2.75, 3.05) is 0 Å². The van der Waals surface area contributed by atoms with Gasteiger partial charge >= 0.3 is 6.09 Å². The minimum Gasteiger partial charge on any atom is -0.444 e. The van der Waals surface area contributed by atoms with Crippen LogP contribution in [0.5, 0.6) is 0 Å². The van der Waals surface area contributed by atoms with E-state index < -0.39 is 5.60 Å². The maximum Gasteiger partial charge on any atom is 0.408 e. The normalized spacial score (nSPS) is 34.4. The van der Waals surface area contributed by atoms with E-state index in [-0.39, 0.29) is 11.6 Å². The van der Waals surface area contributed by atoms with Crippen molar-refractivity contribution in [3.63, 3.8) is 0 Å². The number of carbonyl (C=O) groups is 1. The van der Waals surface area contributed by atoms with Gasteiger partial charge in [-0.2, -0.15) is 0 Å². The number of hydrogen-bond acceptors (Lipinski definition) is 2. The third-order valence-corrected chi connectivity index (χ3v) is 5.30. The molecule has 3 fully saturated rings. The number of carbonyl (C=O) groups excluding carboxylic acids is 1. The summed E-state index contributed by atoms with van der Waals surface area (Å²) in [5.41, 5.74) is 0.141. The molecule has 0 aromatic heterocycles. The van der Waals surface area contributed by atoms with Gasteiger partial charge in [0.15, 0.2) is 0 Å². The predicted molar refractivity (Wildman–Crippen MR) is 77.1 cm³/mol. The van der Waals surface area contributed by atoms with Crippen LogP contribution in [0.25, 0.3) is 0 Å². The Bertz CT molecular complexity index is 330. The van der Waals surface area contributed by atoms with Crippen LogP contribution in [0, 0.1) is 11.3 Å². The number of amides is 1. The second-order valence-corrected chi connectivity index (χ2v) is 7.92. The molecule has 0 aromatic carbocycles. The smallest absolute Gasteiger partial charge is 0.408 e. The van der Waals surface area contributed by atoms with Gasteiger partial charge in [0.2, 0.25) is 0 Å². The number of hydrogen-bond donors (Lipinski definition) is 1. The Morgan fingerprint density at radius 1 is 1.05 bits per heavy atom. The molecule has 0 unspecified atom stereocenters. The molecule has 0 heterocycles. The summed E-state index contributed by atoms with van der Waals surface area (Å²) in [6.07, 6.45) is 6.85. The average Bonchev–Trinajstić information content (AvgIpc) is 2.27. The zero-order valence-corrected chi connectivity index (χ0v) is 13.1. The third kappa shape index (κ3) is 3.06. The van der Waals surface area contributed by atoms with Gasteiger partial charge in [0.25, 0.3) is 0 Å². The molecule has 3 nitrogen and oxygen atoms in total. The van der Waals surface area contributed by atoms with Crippen LogP contribution >= 0.6 is 0 Å². The minimum atomic E-state index is -0.411. The summed E-state index contributed by atoms with van der Waals surface area (Å²) in [6.45, 7) is 10.4. The van der Waals surface area contributed by atoms with Crippen LogP contribution in [0.1, 0.15) is 73.1 Å². The summed E-state index contributed by atoms with van der Waals surface area (Å²) < 4.78 is 5.41. The largest absolute Gasteiger partial charge is 0.444 e. The highest BCUT2D eigenvalue weighted by Gasteiger charge is 2.50. The second-order valence-electron chi connectivity index (χ2n) is 7.92. The van der Waals surface area contributed by atoms with Crippen molar-refractivity contribution in [2.45, 2.75) is 84.3 Å². The fourth-order valence-corrected chi connectivity index (χ4v) is 3.79. The van der Waals surface area contributed by atoms with Crippen LogP contribution in [0.15, 0.2) is 0 Å². The van der Waals surface area contributed by atoms with Gasteiger partial charge < -0.3 is 10.1 Å². The van der Waals surface area contributed by atoms with Gasteiger partial charge in [-0.1, -0.05) is 13.8 Å². The van der Waals surface area contributed by atoms with Crippen molar-refractivity contribution in [3.8, 4) is 0 Å². The van der Waals surface area contributed by atoms with E-state index in [2.05, 4.69) is 19.2 Å². The SMILES string of the molecule is CC(C)C12CCC(NC(=O)OC(C)(C)C)(CC1)CC2. The highest BCUT2D eigenvalue weighted by molar-refractivity contribution is 5.68. The molecule has 0 saturated heterocycles. The first-order valence-corrected chi connectivity index (χ1v) is 7.68. The highest BCUT2D eigenvalue weighted by atomic mass is 16.6. The molecule has 110 valence electrons. The van der Waals surface area contributed by atoms with Gasteiger partial charge in [0, 0.05) is 5.54 Å². The Morgan fingerprint density at radius 3 is 1.89 bits per heavy atom. The van der Waals surface area contributed by atoms with E-state index in [1.54, 1.807) is 0 Å². The van der Waals surface area contributed by atoms with Crippen molar-refractivity contribution in [1.82, 2.24) is 5.32 Å². The molecule has 19 heavy (non-hydrogen) atoms. The van der Waals surface area contributed by atoms with Gasteiger partial charge in [-0.05, 0) is 70.6 Å². The molecule has 3 saturated carbocycles. The molecule has 1 N–H and O–H groups in total. The van der Waals surface area contributed by atoms with E-state index in [1.807, 2.05) is 20.8 Å². The third-order valence-electron chi connectivity index (χ3n) is 5.30. The molecule has 0 aromatic rings. The predicted octanol–water partition coefficient (Wildman–Crippen LogP) is 4.26. The van der Waals surface area contributed by atoms with Crippen LogP contribution in [0.4, 0.5) is 4.79 Å². The summed E-state index contributed by atoms with van der Waals surface area (Å²) in [4.78, 5) is 12.0. The first kappa shape index (κ1) is 14.7. The van der Waals surface area contributed by atoms with E-state index in [0.717, 1.165) is 25.2 Å². The molecule has 0 radical (unpaired) electrons. The van der Waals surface area contributed by atoms with Gasteiger partial charge in [-0.3, -0.25) is 0 Å². The monoisotopic (exact) mass is 267 g/mol. The lowest BCUT2D eigenvalue weighted by Gasteiger charge is -2.55. The Balaban J connectivity index is 1.95. The first-order chi connectivity index (χ1) is 8.67. The van der Waals surface area contributed by atoms with E-state index in [9.17, 15) is 4.79 Å². The van der Waals surface area contributed by atoms with Crippen molar-refractivity contribution in [2.24, 2.45) is 11.3 Å². The Kier molecular flexibility index (Phi) is 3.61. The van der Waals surface area contributed by atoms with Crippen LogP contribution in [0.2, 0.25) is 0 Å². The number of nitrogens with one attached hydrogen (secondary N) is 1. The Hall–Kier alpha value is -0.730. The number of rotatable bonds is 2.